The van der Waals surface area contributed by atoms with E-state index in [-0.39, 0.29) is 30.3 Å². The minimum absolute atomic E-state index is 0. The van der Waals surface area contributed by atoms with Crippen LogP contribution in [0.2, 0.25) is 0 Å². The highest BCUT2D eigenvalue weighted by atomic mass is 79.9. The monoisotopic (exact) mass is 391 g/mol. The van der Waals surface area contributed by atoms with E-state index < -0.39 is 0 Å². The van der Waals surface area contributed by atoms with E-state index in [0.29, 0.717) is 30.1 Å². The molecular formula is C14H19BrClN3O3. The quantitative estimate of drug-likeness (QED) is 0.828. The minimum atomic E-state index is -0.104. The number of amides is 2. The fraction of sp³-hybridized carbons (Fsp3) is 0.571. The summed E-state index contributed by atoms with van der Waals surface area (Å²) in [5.74, 6) is 0.364. The Labute approximate surface area is 143 Å². The molecule has 1 unspecified atom stereocenters. The van der Waals surface area contributed by atoms with Crippen LogP contribution in [0, 0.1) is 0 Å². The summed E-state index contributed by atoms with van der Waals surface area (Å²) < 4.78 is 5.89. The molecule has 0 radical (unpaired) electrons. The molecule has 0 spiro atoms. The van der Waals surface area contributed by atoms with Crippen molar-refractivity contribution in [2.75, 3.05) is 32.7 Å². The fourth-order valence-electron chi connectivity index (χ4n) is 2.99. The number of piperidine rings is 1. The zero-order chi connectivity index (χ0) is 14.8. The van der Waals surface area contributed by atoms with Gasteiger partial charge in [0.1, 0.15) is 0 Å². The maximum atomic E-state index is 12.4. The number of nitrogens with zero attached hydrogens (tertiary/aromatic N) is 2. The molecule has 122 valence electrons. The van der Waals surface area contributed by atoms with Gasteiger partial charge in [0, 0.05) is 32.2 Å². The number of piperazine rings is 1. The number of furan rings is 1. The van der Waals surface area contributed by atoms with Gasteiger partial charge in [-0.2, -0.15) is 0 Å². The second-order valence-corrected chi connectivity index (χ2v) is 6.20. The van der Waals surface area contributed by atoms with Crippen molar-refractivity contribution in [3.63, 3.8) is 0 Å². The maximum Gasteiger partial charge on any atom is 0.289 e. The van der Waals surface area contributed by atoms with Crippen molar-refractivity contribution in [2.24, 2.45) is 0 Å². The molecule has 3 heterocycles. The van der Waals surface area contributed by atoms with Crippen LogP contribution in [0.4, 0.5) is 0 Å². The normalized spacial score (nSPS) is 22.4. The number of hydrogen-bond acceptors (Lipinski definition) is 4. The Morgan fingerprint density at radius 2 is 2.18 bits per heavy atom. The number of carbonyl (C=O) groups is 2. The highest BCUT2D eigenvalue weighted by Crippen LogP contribution is 2.21. The Morgan fingerprint density at radius 1 is 1.36 bits per heavy atom. The van der Waals surface area contributed by atoms with E-state index in [2.05, 4.69) is 21.2 Å². The van der Waals surface area contributed by atoms with E-state index in [1.807, 2.05) is 4.90 Å². The zero-order valence-corrected chi connectivity index (χ0v) is 14.5. The largest absolute Gasteiger partial charge is 0.444 e. The standard InChI is InChI=1S/C14H18BrN3O3.ClH/c15-12-4-3-11(21-12)14(20)17-6-1-2-10(9-17)18-7-5-16-8-13(18)19;/h3-4,10,16H,1-2,5-9H2;1H. The van der Waals surface area contributed by atoms with Gasteiger partial charge in [0.25, 0.3) is 5.91 Å². The third-order valence-corrected chi connectivity index (χ3v) is 4.46. The lowest BCUT2D eigenvalue weighted by atomic mass is 10.0. The topological polar surface area (TPSA) is 65.8 Å². The zero-order valence-electron chi connectivity index (χ0n) is 12.1. The lowest BCUT2D eigenvalue weighted by molar-refractivity contribution is -0.135. The van der Waals surface area contributed by atoms with Crippen LogP contribution in [0.3, 0.4) is 0 Å². The lowest BCUT2D eigenvalue weighted by Crippen LogP contribution is -2.57. The third-order valence-electron chi connectivity index (χ3n) is 4.03. The van der Waals surface area contributed by atoms with Crippen molar-refractivity contribution in [2.45, 2.75) is 18.9 Å². The van der Waals surface area contributed by atoms with Gasteiger partial charge in [-0.1, -0.05) is 0 Å². The first-order valence-corrected chi connectivity index (χ1v) is 7.99. The molecule has 3 rings (SSSR count). The molecule has 1 N–H and O–H groups in total. The summed E-state index contributed by atoms with van der Waals surface area (Å²) in [5, 5.41) is 3.07. The second kappa shape index (κ2) is 7.48. The van der Waals surface area contributed by atoms with Crippen LogP contribution in [-0.2, 0) is 4.79 Å². The molecular weight excluding hydrogens is 374 g/mol. The summed E-state index contributed by atoms with van der Waals surface area (Å²) in [6, 6.07) is 3.51. The number of likely N-dealkylation sites (tertiary alicyclic amines) is 1. The first-order chi connectivity index (χ1) is 10.1. The molecule has 8 heteroatoms. The summed E-state index contributed by atoms with van der Waals surface area (Å²) >= 11 is 3.21. The predicted octanol–water partition coefficient (Wildman–Crippen LogP) is 1.50. The Balaban J connectivity index is 0.00000176. The van der Waals surface area contributed by atoms with Crippen LogP contribution in [0.25, 0.3) is 0 Å². The van der Waals surface area contributed by atoms with Crippen molar-refractivity contribution < 1.29 is 14.0 Å². The lowest BCUT2D eigenvalue weighted by Gasteiger charge is -2.40. The number of halogens is 2. The average Bonchev–Trinajstić information content (AvgIpc) is 2.94. The van der Waals surface area contributed by atoms with Crippen molar-refractivity contribution in [3.05, 3.63) is 22.6 Å². The van der Waals surface area contributed by atoms with Gasteiger partial charge in [0.2, 0.25) is 5.91 Å². The molecule has 22 heavy (non-hydrogen) atoms. The SMILES string of the molecule is Cl.O=C(c1ccc(Br)o1)N1CCCC(N2CCNCC2=O)C1. The van der Waals surface area contributed by atoms with E-state index in [9.17, 15) is 9.59 Å². The maximum absolute atomic E-state index is 12.4. The summed E-state index contributed by atoms with van der Waals surface area (Å²) in [6.07, 6.45) is 1.87. The van der Waals surface area contributed by atoms with E-state index in [1.54, 1.807) is 17.0 Å². The van der Waals surface area contributed by atoms with Gasteiger partial charge in [-0.3, -0.25) is 9.59 Å². The number of carbonyl (C=O) groups excluding carboxylic acids is 2. The smallest absolute Gasteiger partial charge is 0.289 e. The fourth-order valence-corrected chi connectivity index (χ4v) is 3.29. The number of rotatable bonds is 2. The molecule has 2 amide bonds. The molecule has 0 aliphatic carbocycles. The van der Waals surface area contributed by atoms with Crippen molar-refractivity contribution in [1.82, 2.24) is 15.1 Å². The van der Waals surface area contributed by atoms with Crippen LogP contribution in [0.1, 0.15) is 23.4 Å². The molecule has 1 aromatic heterocycles. The number of hydrogen-bond donors (Lipinski definition) is 1. The minimum Gasteiger partial charge on any atom is -0.444 e. The third kappa shape index (κ3) is 3.64. The van der Waals surface area contributed by atoms with Crippen molar-refractivity contribution in [3.8, 4) is 0 Å². The van der Waals surface area contributed by atoms with Crippen LogP contribution < -0.4 is 5.32 Å². The highest BCUT2D eigenvalue weighted by Gasteiger charge is 2.32. The van der Waals surface area contributed by atoms with Crippen LogP contribution in [0.15, 0.2) is 21.2 Å². The Kier molecular flexibility index (Phi) is 5.88. The second-order valence-electron chi connectivity index (χ2n) is 5.41. The summed E-state index contributed by atoms with van der Waals surface area (Å²) in [5.41, 5.74) is 0. The highest BCUT2D eigenvalue weighted by molar-refractivity contribution is 9.10. The molecule has 2 fully saturated rings. The van der Waals surface area contributed by atoms with Gasteiger partial charge >= 0.3 is 0 Å². The van der Waals surface area contributed by atoms with E-state index in [1.165, 1.54) is 0 Å². The van der Waals surface area contributed by atoms with Crippen molar-refractivity contribution >= 4 is 40.2 Å². The molecule has 1 aromatic rings. The van der Waals surface area contributed by atoms with Crippen LogP contribution in [-0.4, -0.2) is 60.4 Å². The first-order valence-electron chi connectivity index (χ1n) is 7.20. The van der Waals surface area contributed by atoms with Crippen LogP contribution >= 0.6 is 28.3 Å². The van der Waals surface area contributed by atoms with Gasteiger partial charge in [-0.05, 0) is 40.9 Å². The van der Waals surface area contributed by atoms with Gasteiger partial charge in [-0.25, -0.2) is 0 Å². The Bertz CT molecular complexity index is 551. The summed E-state index contributed by atoms with van der Waals surface area (Å²) in [7, 11) is 0. The van der Waals surface area contributed by atoms with Gasteiger partial charge in [0.15, 0.2) is 10.4 Å². The molecule has 2 aliphatic heterocycles. The summed E-state index contributed by atoms with van der Waals surface area (Å²) in [6.45, 7) is 3.24. The predicted molar refractivity (Wildman–Crippen MR) is 87.2 cm³/mol. The molecule has 0 bridgehead atoms. The molecule has 0 saturated carbocycles. The Morgan fingerprint density at radius 3 is 2.86 bits per heavy atom. The van der Waals surface area contributed by atoms with E-state index in [4.69, 9.17) is 4.42 Å². The van der Waals surface area contributed by atoms with Gasteiger partial charge in [0.05, 0.1) is 6.54 Å². The van der Waals surface area contributed by atoms with E-state index in [0.717, 1.165) is 25.9 Å². The average molecular weight is 393 g/mol. The summed E-state index contributed by atoms with van der Waals surface area (Å²) in [4.78, 5) is 28.1. The first kappa shape index (κ1) is 17.3. The van der Waals surface area contributed by atoms with Crippen molar-refractivity contribution in [1.29, 1.82) is 0 Å². The number of nitrogens with one attached hydrogen (secondary N) is 1. The van der Waals surface area contributed by atoms with E-state index >= 15 is 0 Å². The molecule has 0 aromatic carbocycles. The molecule has 2 aliphatic rings. The van der Waals surface area contributed by atoms with Crippen LogP contribution in [0.5, 0.6) is 0 Å². The molecule has 1 atom stereocenters. The molecule has 6 nitrogen and oxygen atoms in total. The Hall–Kier alpha value is -1.05. The van der Waals surface area contributed by atoms with Gasteiger partial charge in [-0.15, -0.1) is 12.4 Å². The molecule has 2 saturated heterocycles. The van der Waals surface area contributed by atoms with Gasteiger partial charge < -0.3 is 19.5 Å².